The Kier molecular flexibility index (Phi) is 16.0. The SMILES string of the molecule is C.CCOC(=O)Nc1cc(NC(C)CCCN(CC)CC)c2c(n1)NCC(c1ccc([N+](=O)[O-])cc1)=N2.Cl.Cl. The molecule has 0 bridgehead atoms. The Morgan fingerprint density at radius 1 is 1.21 bits per heavy atom. The molecule has 3 N–H and O–H groups in total. The Morgan fingerprint density at radius 3 is 2.46 bits per heavy atom. The molecule has 13 heteroatoms. The molecule has 1 aromatic carbocycles. The maximum absolute atomic E-state index is 12.0. The van der Waals surface area contributed by atoms with Gasteiger partial charge in [-0.15, -0.1) is 24.8 Å². The second-order valence-electron chi connectivity index (χ2n) is 8.53. The number of nitrogens with one attached hydrogen (secondary N) is 3. The number of rotatable bonds is 12. The first kappa shape index (κ1) is 35.9. The van der Waals surface area contributed by atoms with Crippen molar-refractivity contribution in [2.24, 2.45) is 4.99 Å². The molecule has 0 aliphatic carbocycles. The van der Waals surface area contributed by atoms with Crippen molar-refractivity contribution < 1.29 is 14.5 Å². The minimum absolute atomic E-state index is 0. The fourth-order valence-electron chi connectivity index (χ4n) is 4.00. The van der Waals surface area contributed by atoms with E-state index in [9.17, 15) is 14.9 Å². The lowest BCUT2D eigenvalue weighted by Gasteiger charge is -2.24. The van der Waals surface area contributed by atoms with Crippen molar-refractivity contribution in [2.45, 2.75) is 54.0 Å². The average molecular weight is 587 g/mol. The van der Waals surface area contributed by atoms with E-state index in [-0.39, 0.29) is 50.6 Å². The van der Waals surface area contributed by atoms with Crippen LogP contribution < -0.4 is 16.0 Å². The number of aliphatic imine (C=N–C) groups is 1. The van der Waals surface area contributed by atoms with Crippen LogP contribution in [0.4, 0.5) is 33.5 Å². The van der Waals surface area contributed by atoms with Crippen LogP contribution in [0.3, 0.4) is 0 Å². The average Bonchev–Trinajstić information content (AvgIpc) is 2.86. The summed E-state index contributed by atoms with van der Waals surface area (Å²) in [6, 6.07) is 8.22. The van der Waals surface area contributed by atoms with E-state index in [0.717, 1.165) is 49.4 Å². The fraction of sp³-hybridized carbons (Fsp3) is 0.500. The molecule has 1 atom stereocenters. The molecule has 1 unspecified atom stereocenters. The minimum Gasteiger partial charge on any atom is -0.450 e. The Morgan fingerprint density at radius 2 is 1.87 bits per heavy atom. The predicted octanol–water partition coefficient (Wildman–Crippen LogP) is 6.51. The summed E-state index contributed by atoms with van der Waals surface area (Å²) in [5, 5.41) is 20.5. The van der Waals surface area contributed by atoms with Crippen LogP contribution in [-0.2, 0) is 4.74 Å². The number of aromatic nitrogens is 1. The number of carbonyl (C=O) groups excluding carboxylic acids is 1. The van der Waals surface area contributed by atoms with E-state index < -0.39 is 11.0 Å². The van der Waals surface area contributed by atoms with Gasteiger partial charge >= 0.3 is 6.09 Å². The number of nitrogens with zero attached hydrogens (tertiary/aromatic N) is 4. The number of non-ortho nitro benzene ring substituents is 1. The molecule has 218 valence electrons. The molecule has 3 rings (SSSR count). The number of fused-ring (bicyclic) bond motifs is 1. The number of hydrogen-bond donors (Lipinski definition) is 3. The van der Waals surface area contributed by atoms with Gasteiger partial charge in [-0.05, 0) is 64.0 Å². The maximum Gasteiger partial charge on any atom is 0.412 e. The third-order valence-corrected chi connectivity index (χ3v) is 5.99. The summed E-state index contributed by atoms with van der Waals surface area (Å²) in [4.78, 5) is 34.3. The molecule has 2 heterocycles. The Hall–Kier alpha value is -3.15. The summed E-state index contributed by atoms with van der Waals surface area (Å²) < 4.78 is 5.00. The van der Waals surface area contributed by atoms with E-state index in [1.807, 2.05) is 0 Å². The number of nitro benzene ring substituents is 1. The van der Waals surface area contributed by atoms with Crippen LogP contribution in [0.25, 0.3) is 0 Å². The van der Waals surface area contributed by atoms with Crippen molar-refractivity contribution in [2.75, 3.05) is 48.7 Å². The number of hydrogen-bond acceptors (Lipinski definition) is 9. The summed E-state index contributed by atoms with van der Waals surface area (Å²) in [7, 11) is 0. The number of anilines is 3. The summed E-state index contributed by atoms with van der Waals surface area (Å²) in [5.41, 5.74) is 2.90. The van der Waals surface area contributed by atoms with Crippen LogP contribution in [0.15, 0.2) is 35.3 Å². The van der Waals surface area contributed by atoms with Gasteiger partial charge in [0.05, 0.1) is 29.5 Å². The van der Waals surface area contributed by atoms with Gasteiger partial charge in [-0.1, -0.05) is 21.3 Å². The van der Waals surface area contributed by atoms with E-state index in [1.54, 1.807) is 25.1 Å². The number of amides is 1. The lowest BCUT2D eigenvalue weighted by molar-refractivity contribution is -0.384. The molecule has 1 aliphatic rings. The highest BCUT2D eigenvalue weighted by Gasteiger charge is 2.21. The maximum atomic E-state index is 12.0. The number of benzene rings is 1. The first-order chi connectivity index (χ1) is 17.3. The Bertz CT molecular complexity index is 1100. The first-order valence-corrected chi connectivity index (χ1v) is 12.4. The van der Waals surface area contributed by atoms with Crippen LogP contribution in [0.5, 0.6) is 0 Å². The predicted molar refractivity (Wildman–Crippen MR) is 164 cm³/mol. The number of nitro groups is 1. The van der Waals surface area contributed by atoms with Gasteiger partial charge in [-0.3, -0.25) is 15.4 Å². The highest BCUT2D eigenvalue weighted by atomic mass is 35.5. The van der Waals surface area contributed by atoms with Crippen molar-refractivity contribution in [3.05, 3.63) is 46.0 Å². The largest absolute Gasteiger partial charge is 0.450 e. The summed E-state index contributed by atoms with van der Waals surface area (Å²) in [6.45, 7) is 11.9. The molecule has 1 aromatic heterocycles. The smallest absolute Gasteiger partial charge is 0.412 e. The number of carbonyl (C=O) groups is 1. The third-order valence-electron chi connectivity index (χ3n) is 5.99. The van der Waals surface area contributed by atoms with E-state index in [4.69, 9.17) is 9.73 Å². The van der Waals surface area contributed by atoms with Crippen molar-refractivity contribution >= 4 is 65.3 Å². The van der Waals surface area contributed by atoms with Crippen LogP contribution in [0.2, 0.25) is 0 Å². The topological polar surface area (TPSA) is 134 Å². The fourth-order valence-corrected chi connectivity index (χ4v) is 4.00. The highest BCUT2D eigenvalue weighted by Crippen LogP contribution is 2.38. The van der Waals surface area contributed by atoms with Crippen LogP contribution >= 0.6 is 24.8 Å². The molecule has 1 aliphatic heterocycles. The first-order valence-electron chi connectivity index (χ1n) is 12.4. The second kappa shape index (κ2) is 17.4. The quantitative estimate of drug-likeness (QED) is 0.189. The standard InChI is InChI=1S/C25H35N7O4.CH4.2ClH/c1-5-31(6-2)14-8-9-17(4)27-20-15-22(30-25(33)36-7-3)29-24-23(20)28-21(16-26-24)18-10-12-19(13-11-18)32(34)35;;;/h10-13,15,17H,5-9,14,16H2,1-4H3,(H3,26,27,29,30,33);1H4;2*1H. The second-order valence-corrected chi connectivity index (χ2v) is 8.53. The number of pyridine rings is 1. The minimum atomic E-state index is -0.575. The van der Waals surface area contributed by atoms with Gasteiger partial charge < -0.3 is 20.3 Å². The number of ether oxygens (including phenoxy) is 1. The van der Waals surface area contributed by atoms with Gasteiger partial charge in [0.2, 0.25) is 0 Å². The van der Waals surface area contributed by atoms with Crippen LogP contribution in [0, 0.1) is 10.1 Å². The van der Waals surface area contributed by atoms with Crippen LogP contribution in [-0.4, -0.2) is 65.4 Å². The third kappa shape index (κ3) is 10.2. The zero-order valence-corrected chi connectivity index (χ0v) is 23.8. The van der Waals surface area contributed by atoms with Crippen LogP contribution in [0.1, 0.15) is 53.5 Å². The lowest BCUT2D eigenvalue weighted by Crippen LogP contribution is -2.26. The lowest BCUT2D eigenvalue weighted by atomic mass is 10.1. The van der Waals surface area contributed by atoms with Gasteiger partial charge in [0.15, 0.2) is 5.82 Å². The number of halogens is 2. The summed E-state index contributed by atoms with van der Waals surface area (Å²) >= 11 is 0. The van der Waals surface area contributed by atoms with Crippen molar-refractivity contribution in [1.29, 1.82) is 0 Å². The summed E-state index contributed by atoms with van der Waals surface area (Å²) in [5.74, 6) is 0.888. The monoisotopic (exact) mass is 585 g/mol. The molecular weight excluding hydrogens is 545 g/mol. The molecule has 0 radical (unpaired) electrons. The van der Waals surface area contributed by atoms with Gasteiger partial charge in [0.1, 0.15) is 11.5 Å². The van der Waals surface area contributed by atoms with E-state index in [2.05, 4.69) is 46.6 Å². The Balaban J connectivity index is 0.00000481. The van der Waals surface area contributed by atoms with Crippen molar-refractivity contribution in [3.63, 3.8) is 0 Å². The zero-order chi connectivity index (χ0) is 26.1. The Labute approximate surface area is 243 Å². The van der Waals surface area contributed by atoms with Gasteiger partial charge in [-0.2, -0.15) is 0 Å². The molecule has 1 amide bonds. The molecule has 0 saturated heterocycles. The van der Waals surface area contributed by atoms with Crippen molar-refractivity contribution in [1.82, 2.24) is 9.88 Å². The van der Waals surface area contributed by atoms with E-state index in [0.29, 0.717) is 23.9 Å². The van der Waals surface area contributed by atoms with Gasteiger partial charge in [0, 0.05) is 24.2 Å². The normalized spacial score (nSPS) is 12.3. The molecule has 0 fully saturated rings. The van der Waals surface area contributed by atoms with Gasteiger partial charge in [-0.25, -0.2) is 14.8 Å². The molecule has 0 spiro atoms. The molecule has 11 nitrogen and oxygen atoms in total. The zero-order valence-electron chi connectivity index (χ0n) is 22.2. The molecule has 0 saturated carbocycles. The molecule has 39 heavy (non-hydrogen) atoms. The van der Waals surface area contributed by atoms with Crippen molar-refractivity contribution in [3.8, 4) is 0 Å². The van der Waals surface area contributed by atoms with E-state index in [1.165, 1.54) is 12.1 Å². The summed E-state index contributed by atoms with van der Waals surface area (Å²) in [6.07, 6.45) is 1.43. The van der Waals surface area contributed by atoms with Gasteiger partial charge in [0.25, 0.3) is 5.69 Å². The molecular formula is C26H41Cl2N7O4. The van der Waals surface area contributed by atoms with E-state index >= 15 is 0 Å². The molecule has 2 aromatic rings. The highest BCUT2D eigenvalue weighted by molar-refractivity contribution is 6.08.